The van der Waals surface area contributed by atoms with Crippen LogP contribution in [-0.2, 0) is 6.54 Å². The molecule has 28 heavy (non-hydrogen) atoms. The molecule has 6 nitrogen and oxygen atoms in total. The van der Waals surface area contributed by atoms with Crippen molar-refractivity contribution < 1.29 is 22.8 Å². The summed E-state index contributed by atoms with van der Waals surface area (Å²) in [6, 6.07) is 12.5. The zero-order valence-electron chi connectivity index (χ0n) is 15.8. The summed E-state index contributed by atoms with van der Waals surface area (Å²) < 4.78 is 39.7. The number of nitrogens with zero attached hydrogens (tertiary/aromatic N) is 2. The van der Waals surface area contributed by atoms with E-state index < -0.39 is 6.61 Å². The van der Waals surface area contributed by atoms with Gasteiger partial charge in [-0.3, -0.25) is 0 Å². The fraction of sp³-hybridized carbons (Fsp3) is 0.300. The van der Waals surface area contributed by atoms with Crippen molar-refractivity contribution >= 4 is 5.69 Å². The SMILES string of the molecule is COc1cc(-c2noc(CNc3ccccc3C(C)C)n2)ccc1OC(F)F. The number of ether oxygens (including phenoxy) is 2. The van der Waals surface area contributed by atoms with Crippen molar-refractivity contribution in [2.75, 3.05) is 12.4 Å². The van der Waals surface area contributed by atoms with E-state index >= 15 is 0 Å². The first kappa shape index (κ1) is 19.6. The number of hydrogen-bond donors (Lipinski definition) is 1. The summed E-state index contributed by atoms with van der Waals surface area (Å²) in [6.45, 7) is 1.68. The van der Waals surface area contributed by atoms with E-state index in [0.29, 0.717) is 29.7 Å². The molecular formula is C20H21F2N3O3. The maximum atomic E-state index is 12.4. The Hall–Kier alpha value is -3.16. The fourth-order valence-corrected chi connectivity index (χ4v) is 2.78. The Bertz CT molecular complexity index is 929. The summed E-state index contributed by atoms with van der Waals surface area (Å²) in [4.78, 5) is 4.35. The Morgan fingerprint density at radius 1 is 1.11 bits per heavy atom. The molecule has 0 saturated heterocycles. The van der Waals surface area contributed by atoms with Gasteiger partial charge in [-0.1, -0.05) is 37.2 Å². The highest BCUT2D eigenvalue weighted by molar-refractivity contribution is 5.60. The Kier molecular flexibility index (Phi) is 6.08. The number of rotatable bonds is 8. The van der Waals surface area contributed by atoms with E-state index in [1.54, 1.807) is 6.07 Å². The van der Waals surface area contributed by atoms with E-state index in [-0.39, 0.29) is 11.5 Å². The van der Waals surface area contributed by atoms with Gasteiger partial charge in [0, 0.05) is 11.3 Å². The molecule has 0 spiro atoms. The van der Waals surface area contributed by atoms with Crippen LogP contribution < -0.4 is 14.8 Å². The molecule has 2 aromatic carbocycles. The first-order valence-corrected chi connectivity index (χ1v) is 8.76. The molecule has 0 aliphatic carbocycles. The number of alkyl halides is 2. The molecule has 0 fully saturated rings. The number of anilines is 1. The summed E-state index contributed by atoms with van der Waals surface area (Å²) in [7, 11) is 1.37. The molecule has 3 rings (SSSR count). The predicted octanol–water partition coefficient (Wildman–Crippen LogP) is 5.08. The predicted molar refractivity (Wildman–Crippen MR) is 101 cm³/mol. The van der Waals surface area contributed by atoms with Gasteiger partial charge in [0.1, 0.15) is 0 Å². The van der Waals surface area contributed by atoms with Crippen LogP contribution in [0, 0.1) is 0 Å². The second-order valence-corrected chi connectivity index (χ2v) is 6.35. The maximum Gasteiger partial charge on any atom is 0.387 e. The first-order chi connectivity index (χ1) is 13.5. The summed E-state index contributed by atoms with van der Waals surface area (Å²) in [6.07, 6.45) is 0. The second-order valence-electron chi connectivity index (χ2n) is 6.35. The molecule has 148 valence electrons. The van der Waals surface area contributed by atoms with Gasteiger partial charge >= 0.3 is 6.61 Å². The minimum Gasteiger partial charge on any atom is -0.493 e. The van der Waals surface area contributed by atoms with Gasteiger partial charge in [0.25, 0.3) is 0 Å². The van der Waals surface area contributed by atoms with Crippen LogP contribution in [0.4, 0.5) is 14.5 Å². The highest BCUT2D eigenvalue weighted by Gasteiger charge is 2.15. The number of nitrogens with one attached hydrogen (secondary N) is 1. The summed E-state index contributed by atoms with van der Waals surface area (Å²) in [5, 5.41) is 7.26. The van der Waals surface area contributed by atoms with Crippen LogP contribution in [0.25, 0.3) is 11.4 Å². The van der Waals surface area contributed by atoms with E-state index in [1.165, 1.54) is 24.8 Å². The molecule has 3 aromatic rings. The molecule has 1 aromatic heterocycles. The van der Waals surface area contributed by atoms with Crippen molar-refractivity contribution in [2.45, 2.75) is 32.9 Å². The van der Waals surface area contributed by atoms with E-state index in [2.05, 4.69) is 40.1 Å². The number of aromatic nitrogens is 2. The zero-order valence-corrected chi connectivity index (χ0v) is 15.8. The molecule has 0 bridgehead atoms. The van der Waals surface area contributed by atoms with Gasteiger partial charge in [-0.25, -0.2) is 0 Å². The highest BCUT2D eigenvalue weighted by Crippen LogP contribution is 2.32. The van der Waals surface area contributed by atoms with Crippen LogP contribution in [0.15, 0.2) is 47.0 Å². The number of methoxy groups -OCH3 is 1. The van der Waals surface area contributed by atoms with Crippen molar-refractivity contribution in [3.05, 3.63) is 53.9 Å². The average Bonchev–Trinajstić information content (AvgIpc) is 3.15. The highest BCUT2D eigenvalue weighted by atomic mass is 19.3. The van der Waals surface area contributed by atoms with Gasteiger partial charge in [0.15, 0.2) is 11.5 Å². The lowest BCUT2D eigenvalue weighted by Gasteiger charge is -2.13. The largest absolute Gasteiger partial charge is 0.493 e. The van der Waals surface area contributed by atoms with E-state index in [0.717, 1.165) is 5.69 Å². The van der Waals surface area contributed by atoms with Crippen molar-refractivity contribution in [1.82, 2.24) is 10.1 Å². The van der Waals surface area contributed by atoms with Gasteiger partial charge in [0.05, 0.1) is 13.7 Å². The molecule has 1 heterocycles. The molecule has 1 N–H and O–H groups in total. The molecule has 8 heteroatoms. The normalized spacial score (nSPS) is 11.1. The van der Waals surface area contributed by atoms with E-state index in [1.807, 2.05) is 18.2 Å². The van der Waals surface area contributed by atoms with Gasteiger partial charge in [-0.15, -0.1) is 0 Å². The zero-order chi connectivity index (χ0) is 20.1. The van der Waals surface area contributed by atoms with Gasteiger partial charge in [0.2, 0.25) is 11.7 Å². The van der Waals surface area contributed by atoms with E-state index in [9.17, 15) is 8.78 Å². The van der Waals surface area contributed by atoms with Crippen LogP contribution >= 0.6 is 0 Å². The summed E-state index contributed by atoms with van der Waals surface area (Å²) in [5.41, 5.74) is 2.77. The third-order valence-corrected chi connectivity index (χ3v) is 4.12. The molecule has 0 saturated carbocycles. The van der Waals surface area contributed by atoms with Crippen molar-refractivity contribution in [3.8, 4) is 22.9 Å². The molecule has 0 unspecified atom stereocenters. The van der Waals surface area contributed by atoms with E-state index in [4.69, 9.17) is 9.26 Å². The van der Waals surface area contributed by atoms with Crippen LogP contribution in [0.2, 0.25) is 0 Å². The van der Waals surface area contributed by atoms with Crippen LogP contribution in [0.1, 0.15) is 31.2 Å². The first-order valence-electron chi connectivity index (χ1n) is 8.76. The average molecular weight is 389 g/mol. The van der Waals surface area contributed by atoms with Crippen molar-refractivity contribution in [2.24, 2.45) is 0 Å². The van der Waals surface area contributed by atoms with Crippen molar-refractivity contribution in [3.63, 3.8) is 0 Å². The monoisotopic (exact) mass is 389 g/mol. The lowest BCUT2D eigenvalue weighted by molar-refractivity contribution is -0.0512. The maximum absolute atomic E-state index is 12.4. The molecule has 0 atom stereocenters. The third kappa shape index (κ3) is 4.57. The quantitative estimate of drug-likeness (QED) is 0.579. The lowest BCUT2D eigenvalue weighted by Crippen LogP contribution is -2.04. The molecule has 0 amide bonds. The summed E-state index contributed by atoms with van der Waals surface area (Å²) >= 11 is 0. The molecule has 0 radical (unpaired) electrons. The van der Waals surface area contributed by atoms with Crippen LogP contribution in [0.3, 0.4) is 0 Å². The molecule has 0 aliphatic rings. The van der Waals surface area contributed by atoms with Gasteiger partial charge in [-0.2, -0.15) is 13.8 Å². The topological polar surface area (TPSA) is 69.4 Å². The lowest BCUT2D eigenvalue weighted by atomic mass is 10.0. The number of halogens is 2. The smallest absolute Gasteiger partial charge is 0.387 e. The summed E-state index contributed by atoms with van der Waals surface area (Å²) in [5.74, 6) is 1.21. The van der Waals surface area contributed by atoms with Crippen LogP contribution in [-0.4, -0.2) is 23.9 Å². The third-order valence-electron chi connectivity index (χ3n) is 4.12. The van der Waals surface area contributed by atoms with Crippen molar-refractivity contribution in [1.29, 1.82) is 0 Å². The number of para-hydroxylation sites is 1. The number of hydrogen-bond acceptors (Lipinski definition) is 6. The minimum absolute atomic E-state index is 0.0584. The molecular weight excluding hydrogens is 368 g/mol. The molecule has 0 aliphatic heterocycles. The number of benzene rings is 2. The minimum atomic E-state index is -2.93. The fourth-order valence-electron chi connectivity index (χ4n) is 2.78. The van der Waals surface area contributed by atoms with Gasteiger partial charge in [-0.05, 0) is 35.7 Å². The Balaban J connectivity index is 1.74. The Labute approximate surface area is 161 Å². The Morgan fingerprint density at radius 2 is 1.89 bits per heavy atom. The Morgan fingerprint density at radius 3 is 2.61 bits per heavy atom. The standard InChI is InChI=1S/C20H21F2N3O3/c1-12(2)14-6-4-5-7-15(14)23-11-18-24-19(25-28-18)13-8-9-16(27-20(21)22)17(10-13)26-3/h4-10,12,20,23H,11H2,1-3H3. The second kappa shape index (κ2) is 8.69. The van der Waals surface area contributed by atoms with Crippen LogP contribution in [0.5, 0.6) is 11.5 Å². The van der Waals surface area contributed by atoms with Gasteiger partial charge < -0.3 is 19.3 Å².